The maximum absolute atomic E-state index is 12.7. The molecule has 2 aromatic rings. The molecule has 0 atom stereocenters. The third-order valence-electron chi connectivity index (χ3n) is 4.94. The summed E-state index contributed by atoms with van der Waals surface area (Å²) >= 11 is 0. The van der Waals surface area contributed by atoms with Crippen molar-refractivity contribution >= 4 is 27.3 Å². The van der Waals surface area contributed by atoms with E-state index in [0.29, 0.717) is 30.4 Å². The van der Waals surface area contributed by atoms with Crippen LogP contribution in [-0.4, -0.2) is 43.2 Å². The number of non-ortho nitro benzene ring substituents is 1. The fourth-order valence-electron chi connectivity index (χ4n) is 3.09. The fraction of sp³-hybridized carbons (Fsp3) is 0.350. The predicted octanol–water partition coefficient (Wildman–Crippen LogP) is 3.03. The molecule has 1 N–H and O–H groups in total. The predicted molar refractivity (Wildman–Crippen MR) is 111 cm³/mol. The molecule has 10 heteroatoms. The van der Waals surface area contributed by atoms with Crippen LogP contribution < -0.4 is 10.1 Å². The van der Waals surface area contributed by atoms with E-state index in [1.807, 2.05) is 0 Å². The molecule has 0 aromatic heterocycles. The summed E-state index contributed by atoms with van der Waals surface area (Å²) < 4.78 is 32.3. The molecule has 1 aliphatic heterocycles. The number of benzene rings is 2. The molecule has 0 saturated carbocycles. The molecule has 0 radical (unpaired) electrons. The Hall–Kier alpha value is -2.98. The molecule has 3 rings (SSSR count). The van der Waals surface area contributed by atoms with Crippen molar-refractivity contribution in [1.82, 2.24) is 4.31 Å². The number of hydrogen-bond acceptors (Lipinski definition) is 6. The van der Waals surface area contributed by atoms with Gasteiger partial charge in [0.2, 0.25) is 10.0 Å². The first-order chi connectivity index (χ1) is 14.3. The van der Waals surface area contributed by atoms with E-state index < -0.39 is 20.9 Å². The summed E-state index contributed by atoms with van der Waals surface area (Å²) in [6, 6.07) is 11.4. The number of nitrogens with one attached hydrogen (secondary N) is 1. The van der Waals surface area contributed by atoms with Gasteiger partial charge in [-0.3, -0.25) is 14.9 Å². The molecule has 1 aliphatic rings. The summed E-state index contributed by atoms with van der Waals surface area (Å²) in [5.41, 5.74) is 0.374. The number of nitrogens with zero attached hydrogens (tertiary/aromatic N) is 2. The highest BCUT2D eigenvalue weighted by Crippen LogP contribution is 2.24. The first-order valence-electron chi connectivity index (χ1n) is 9.53. The number of rotatable bonds is 7. The molecule has 0 spiro atoms. The molecule has 0 aliphatic carbocycles. The maximum atomic E-state index is 12.7. The average molecular weight is 433 g/mol. The average Bonchev–Trinajstić information content (AvgIpc) is 2.73. The lowest BCUT2D eigenvalue weighted by molar-refractivity contribution is -0.384. The highest BCUT2D eigenvalue weighted by atomic mass is 32.2. The summed E-state index contributed by atoms with van der Waals surface area (Å²) in [6.45, 7) is 2.86. The van der Waals surface area contributed by atoms with Crippen molar-refractivity contribution in [2.75, 3.05) is 25.0 Å². The van der Waals surface area contributed by atoms with Gasteiger partial charge in [0, 0.05) is 30.9 Å². The van der Waals surface area contributed by atoms with Crippen molar-refractivity contribution in [3.63, 3.8) is 0 Å². The van der Waals surface area contributed by atoms with Gasteiger partial charge in [-0.05, 0) is 55.2 Å². The Morgan fingerprint density at radius 2 is 1.73 bits per heavy atom. The van der Waals surface area contributed by atoms with Crippen LogP contribution in [0.5, 0.6) is 5.75 Å². The number of hydrogen-bond donors (Lipinski definition) is 1. The lowest BCUT2D eigenvalue weighted by Crippen LogP contribution is -2.37. The van der Waals surface area contributed by atoms with Gasteiger partial charge in [0.1, 0.15) is 5.75 Å². The zero-order valence-electron chi connectivity index (χ0n) is 16.5. The van der Waals surface area contributed by atoms with Crippen molar-refractivity contribution in [2.24, 2.45) is 5.92 Å². The minimum absolute atomic E-state index is 0.0686. The van der Waals surface area contributed by atoms with E-state index in [9.17, 15) is 23.3 Å². The van der Waals surface area contributed by atoms with Crippen LogP contribution in [0.25, 0.3) is 0 Å². The number of carbonyl (C=O) groups excluding carboxylic acids is 1. The molecule has 9 nitrogen and oxygen atoms in total. The van der Waals surface area contributed by atoms with Crippen molar-refractivity contribution in [3.05, 3.63) is 58.6 Å². The van der Waals surface area contributed by atoms with Crippen LogP contribution in [0.1, 0.15) is 19.8 Å². The fourth-order valence-corrected chi connectivity index (χ4v) is 4.56. The lowest BCUT2D eigenvalue weighted by atomic mass is 10.0. The molecule has 160 valence electrons. The Kier molecular flexibility index (Phi) is 6.68. The summed E-state index contributed by atoms with van der Waals surface area (Å²) in [5.74, 6) is 0.421. The van der Waals surface area contributed by atoms with Crippen LogP contribution in [0.2, 0.25) is 0 Å². The molecule has 1 amide bonds. The van der Waals surface area contributed by atoms with Crippen molar-refractivity contribution in [1.29, 1.82) is 0 Å². The number of amides is 1. The summed E-state index contributed by atoms with van der Waals surface area (Å²) in [4.78, 5) is 22.4. The van der Waals surface area contributed by atoms with Crippen molar-refractivity contribution in [2.45, 2.75) is 24.7 Å². The first-order valence-corrected chi connectivity index (χ1v) is 11.0. The van der Waals surface area contributed by atoms with E-state index >= 15 is 0 Å². The second kappa shape index (κ2) is 9.23. The standard InChI is InChI=1S/C20H23N3O6S/c1-15-10-12-22(13-11-15)30(27,28)19-8-2-16(3-9-19)21-20(24)14-29-18-6-4-17(5-7-18)23(25)26/h2-9,15H,10-14H2,1H3,(H,21,24). The number of sulfonamides is 1. The van der Waals surface area contributed by atoms with Crippen LogP contribution in [0.4, 0.5) is 11.4 Å². The number of nitro benzene ring substituents is 1. The van der Waals surface area contributed by atoms with Gasteiger partial charge in [0.25, 0.3) is 11.6 Å². The second-order valence-electron chi connectivity index (χ2n) is 7.20. The number of carbonyl (C=O) groups is 1. The van der Waals surface area contributed by atoms with Crippen molar-refractivity contribution < 1.29 is 22.9 Å². The van der Waals surface area contributed by atoms with Gasteiger partial charge in [-0.15, -0.1) is 0 Å². The van der Waals surface area contributed by atoms with Gasteiger partial charge in [-0.25, -0.2) is 8.42 Å². The Balaban J connectivity index is 1.54. The summed E-state index contributed by atoms with van der Waals surface area (Å²) in [7, 11) is -3.54. The molecule has 1 heterocycles. The molecular weight excluding hydrogens is 410 g/mol. The lowest BCUT2D eigenvalue weighted by Gasteiger charge is -2.29. The Morgan fingerprint density at radius 3 is 2.30 bits per heavy atom. The molecule has 1 fully saturated rings. The van der Waals surface area contributed by atoms with Crippen LogP contribution in [0.15, 0.2) is 53.4 Å². The molecule has 1 saturated heterocycles. The SMILES string of the molecule is CC1CCN(S(=O)(=O)c2ccc(NC(=O)COc3ccc([N+](=O)[O-])cc3)cc2)CC1. The number of ether oxygens (including phenoxy) is 1. The quantitative estimate of drug-likeness (QED) is 0.529. The first kappa shape index (κ1) is 21.7. The Labute approximate surface area is 174 Å². The van der Waals surface area contributed by atoms with Crippen LogP contribution >= 0.6 is 0 Å². The van der Waals surface area contributed by atoms with E-state index in [1.165, 1.54) is 52.8 Å². The van der Waals surface area contributed by atoms with E-state index in [1.54, 1.807) is 0 Å². The van der Waals surface area contributed by atoms with Gasteiger partial charge < -0.3 is 10.1 Å². The normalized spacial score (nSPS) is 15.5. The summed E-state index contributed by atoms with van der Waals surface area (Å²) in [5, 5.41) is 13.3. The van der Waals surface area contributed by atoms with Gasteiger partial charge >= 0.3 is 0 Å². The molecular formula is C20H23N3O6S. The van der Waals surface area contributed by atoms with E-state index in [0.717, 1.165) is 12.8 Å². The monoisotopic (exact) mass is 433 g/mol. The largest absolute Gasteiger partial charge is 0.484 e. The molecule has 0 unspecified atom stereocenters. The number of nitro groups is 1. The van der Waals surface area contributed by atoms with Gasteiger partial charge in [-0.2, -0.15) is 4.31 Å². The smallest absolute Gasteiger partial charge is 0.269 e. The molecule has 2 aromatic carbocycles. The number of anilines is 1. The van der Waals surface area contributed by atoms with Crippen LogP contribution in [0, 0.1) is 16.0 Å². The zero-order chi connectivity index (χ0) is 21.7. The summed E-state index contributed by atoms with van der Waals surface area (Å²) in [6.07, 6.45) is 1.70. The highest BCUT2D eigenvalue weighted by molar-refractivity contribution is 7.89. The van der Waals surface area contributed by atoms with E-state index in [2.05, 4.69) is 12.2 Å². The minimum Gasteiger partial charge on any atom is -0.484 e. The molecule has 0 bridgehead atoms. The van der Waals surface area contributed by atoms with E-state index in [4.69, 9.17) is 4.74 Å². The number of piperidine rings is 1. The van der Waals surface area contributed by atoms with Gasteiger partial charge in [-0.1, -0.05) is 6.92 Å². The van der Waals surface area contributed by atoms with E-state index in [-0.39, 0.29) is 17.2 Å². The topological polar surface area (TPSA) is 119 Å². The molecule has 30 heavy (non-hydrogen) atoms. The van der Waals surface area contributed by atoms with Gasteiger partial charge in [0.05, 0.1) is 9.82 Å². The zero-order valence-corrected chi connectivity index (χ0v) is 17.3. The third kappa shape index (κ3) is 5.33. The maximum Gasteiger partial charge on any atom is 0.269 e. The van der Waals surface area contributed by atoms with Crippen molar-refractivity contribution in [3.8, 4) is 5.75 Å². The Bertz CT molecular complexity index is 998. The van der Waals surface area contributed by atoms with Gasteiger partial charge in [0.15, 0.2) is 6.61 Å². The second-order valence-corrected chi connectivity index (χ2v) is 9.14. The third-order valence-corrected chi connectivity index (χ3v) is 6.85. The minimum atomic E-state index is -3.54. The Morgan fingerprint density at radius 1 is 1.13 bits per heavy atom. The highest BCUT2D eigenvalue weighted by Gasteiger charge is 2.27. The van der Waals surface area contributed by atoms with Crippen LogP contribution in [-0.2, 0) is 14.8 Å². The van der Waals surface area contributed by atoms with Crippen LogP contribution in [0.3, 0.4) is 0 Å².